The van der Waals surface area contributed by atoms with Gasteiger partial charge in [0.1, 0.15) is 0 Å². The van der Waals surface area contributed by atoms with Crippen molar-refractivity contribution in [1.82, 2.24) is 9.97 Å². The average molecular weight is 780 g/mol. The van der Waals surface area contributed by atoms with Gasteiger partial charge in [-0.1, -0.05) is 170 Å². The van der Waals surface area contributed by atoms with Crippen LogP contribution >= 0.6 is 0 Å². The Labute approximate surface area is 357 Å². The van der Waals surface area contributed by atoms with Crippen molar-refractivity contribution < 1.29 is 0 Å². The monoisotopic (exact) mass is 779 g/mol. The maximum atomic E-state index is 5.21. The van der Waals surface area contributed by atoms with E-state index in [1.54, 1.807) is 0 Å². The molecule has 8 aromatic carbocycles. The lowest BCUT2D eigenvalue weighted by Gasteiger charge is -2.25. The van der Waals surface area contributed by atoms with Crippen molar-refractivity contribution in [3.05, 3.63) is 249 Å². The van der Waals surface area contributed by atoms with Crippen molar-refractivity contribution >= 4 is 17.1 Å². The molecular weight excluding hydrogens is 739 g/mol. The summed E-state index contributed by atoms with van der Waals surface area (Å²) >= 11 is 0. The summed E-state index contributed by atoms with van der Waals surface area (Å²) in [7, 11) is 0. The maximum absolute atomic E-state index is 5.21. The summed E-state index contributed by atoms with van der Waals surface area (Å²) in [6.07, 6.45) is 0. The van der Waals surface area contributed by atoms with Gasteiger partial charge in [0.2, 0.25) is 0 Å². The van der Waals surface area contributed by atoms with E-state index in [1.807, 2.05) is 24.3 Å². The van der Waals surface area contributed by atoms with Crippen LogP contribution in [0.5, 0.6) is 0 Å². The van der Waals surface area contributed by atoms with Gasteiger partial charge < -0.3 is 4.90 Å². The van der Waals surface area contributed by atoms with Crippen molar-refractivity contribution in [3.8, 4) is 78.4 Å². The molecule has 0 spiro atoms. The lowest BCUT2D eigenvalue weighted by molar-refractivity contribution is 1.28. The minimum Gasteiger partial charge on any atom is -0.311 e. The van der Waals surface area contributed by atoms with Crippen LogP contribution in [0.25, 0.3) is 78.4 Å². The normalized spacial score (nSPS) is 11.0. The van der Waals surface area contributed by atoms with Crippen LogP contribution in [-0.2, 0) is 0 Å². The second-order valence-electron chi connectivity index (χ2n) is 15.1. The molecule has 10 rings (SSSR count). The van der Waals surface area contributed by atoms with Crippen molar-refractivity contribution in [2.45, 2.75) is 0 Å². The van der Waals surface area contributed by atoms with Crippen LogP contribution in [0.1, 0.15) is 0 Å². The smallest absolute Gasteiger partial charge is 0.0715 e. The molecule has 0 aliphatic heterocycles. The SMILES string of the molecule is c1ccc(-c2cc(-c3cc(-c4ccc(N(c5ccccc5)c5ccccc5)cc4)cc(-c4cc(-c5ccccc5)nc(-c5ccccc5)c4)c3)cc(-c3ccccc3)n2)cc1. The van der Waals surface area contributed by atoms with Crippen molar-refractivity contribution in [1.29, 1.82) is 0 Å². The number of nitrogens with zero attached hydrogens (tertiary/aromatic N) is 3. The van der Waals surface area contributed by atoms with Gasteiger partial charge in [0.05, 0.1) is 22.8 Å². The number of pyridine rings is 2. The van der Waals surface area contributed by atoms with E-state index in [2.05, 4.69) is 229 Å². The number of hydrogen-bond donors (Lipinski definition) is 0. The third kappa shape index (κ3) is 8.14. The van der Waals surface area contributed by atoms with Crippen molar-refractivity contribution in [2.75, 3.05) is 4.90 Å². The predicted octanol–water partition coefficient (Wildman–Crippen LogP) is 15.6. The third-order valence-electron chi connectivity index (χ3n) is 11.0. The van der Waals surface area contributed by atoms with Gasteiger partial charge in [0, 0.05) is 39.3 Å². The minimum absolute atomic E-state index is 0.928. The fourth-order valence-corrected chi connectivity index (χ4v) is 7.95. The molecule has 288 valence electrons. The van der Waals surface area contributed by atoms with Gasteiger partial charge >= 0.3 is 0 Å². The van der Waals surface area contributed by atoms with E-state index in [9.17, 15) is 0 Å². The quantitative estimate of drug-likeness (QED) is 0.138. The fraction of sp³-hybridized carbons (Fsp3) is 0. The Bertz CT molecular complexity index is 2730. The van der Waals surface area contributed by atoms with Gasteiger partial charge in [-0.15, -0.1) is 0 Å². The molecule has 0 aliphatic carbocycles. The van der Waals surface area contributed by atoms with E-state index < -0.39 is 0 Å². The minimum atomic E-state index is 0.928. The number of hydrogen-bond acceptors (Lipinski definition) is 3. The zero-order chi connectivity index (χ0) is 40.8. The van der Waals surface area contributed by atoms with Gasteiger partial charge in [0.25, 0.3) is 0 Å². The molecule has 10 aromatic rings. The molecule has 0 radical (unpaired) electrons. The van der Waals surface area contributed by atoms with Gasteiger partial charge in [-0.2, -0.15) is 0 Å². The highest BCUT2D eigenvalue weighted by atomic mass is 15.1. The molecule has 0 aliphatic rings. The highest BCUT2D eigenvalue weighted by Crippen LogP contribution is 2.40. The molecule has 0 unspecified atom stereocenters. The predicted molar refractivity (Wildman–Crippen MR) is 255 cm³/mol. The first-order chi connectivity index (χ1) is 30.2. The summed E-state index contributed by atoms with van der Waals surface area (Å²) in [6, 6.07) is 87.7. The second kappa shape index (κ2) is 17.0. The van der Waals surface area contributed by atoms with Crippen LogP contribution in [-0.4, -0.2) is 9.97 Å². The van der Waals surface area contributed by atoms with Crippen molar-refractivity contribution in [3.63, 3.8) is 0 Å². The highest BCUT2D eigenvalue weighted by Gasteiger charge is 2.16. The van der Waals surface area contributed by atoms with E-state index >= 15 is 0 Å². The number of rotatable bonds is 10. The highest BCUT2D eigenvalue weighted by molar-refractivity contribution is 5.87. The molecule has 2 heterocycles. The molecule has 0 fully saturated rings. The molecule has 3 heteroatoms. The molecule has 0 saturated heterocycles. The number of aromatic nitrogens is 2. The lowest BCUT2D eigenvalue weighted by Crippen LogP contribution is -2.09. The third-order valence-corrected chi connectivity index (χ3v) is 11.0. The van der Waals surface area contributed by atoms with Gasteiger partial charge in [-0.05, 0) is 112 Å². The summed E-state index contributed by atoms with van der Waals surface area (Å²) in [4.78, 5) is 12.7. The van der Waals surface area contributed by atoms with E-state index in [-0.39, 0.29) is 0 Å². The van der Waals surface area contributed by atoms with Gasteiger partial charge in [0.15, 0.2) is 0 Å². The van der Waals surface area contributed by atoms with Gasteiger partial charge in [-0.25, -0.2) is 9.97 Å². The zero-order valence-electron chi connectivity index (χ0n) is 33.5. The second-order valence-corrected chi connectivity index (χ2v) is 15.1. The largest absolute Gasteiger partial charge is 0.311 e. The van der Waals surface area contributed by atoms with E-state index in [0.29, 0.717) is 0 Å². The Morgan fingerprint density at radius 3 is 0.754 bits per heavy atom. The Morgan fingerprint density at radius 2 is 0.443 bits per heavy atom. The fourth-order valence-electron chi connectivity index (χ4n) is 7.95. The molecule has 0 amide bonds. The standard InChI is InChI=1S/C58H41N3/c1-7-19-43(20-8-1)55-38-50(39-56(59-55)44-21-9-2-10-22-44)48-35-47(42-31-33-54(34-32-42)61(52-27-15-5-16-28-52)53-29-17-6-18-30-53)36-49(37-48)51-40-57(45-23-11-3-12-24-45)60-58(41-51)46-25-13-4-14-26-46/h1-41H. The Hall–Kier alpha value is -8.14. The molecule has 2 aromatic heterocycles. The van der Waals surface area contributed by atoms with Crippen LogP contribution in [0.2, 0.25) is 0 Å². The van der Waals surface area contributed by atoms with Gasteiger partial charge in [-0.3, -0.25) is 0 Å². The number of para-hydroxylation sites is 2. The molecule has 3 nitrogen and oxygen atoms in total. The molecule has 61 heavy (non-hydrogen) atoms. The Morgan fingerprint density at radius 1 is 0.197 bits per heavy atom. The van der Waals surface area contributed by atoms with Crippen LogP contribution < -0.4 is 4.90 Å². The van der Waals surface area contributed by atoms with Crippen LogP contribution in [0.3, 0.4) is 0 Å². The summed E-state index contributed by atoms with van der Waals surface area (Å²) in [6.45, 7) is 0. The van der Waals surface area contributed by atoms with E-state index in [0.717, 1.165) is 95.5 Å². The Kier molecular flexibility index (Phi) is 10.3. The summed E-state index contributed by atoms with van der Waals surface area (Å²) in [5, 5.41) is 0. The molecule has 0 atom stereocenters. The lowest BCUT2D eigenvalue weighted by atomic mass is 9.91. The van der Waals surface area contributed by atoms with Crippen LogP contribution in [0.4, 0.5) is 17.1 Å². The summed E-state index contributed by atoms with van der Waals surface area (Å²) in [5.41, 5.74) is 17.9. The molecule has 0 N–H and O–H groups in total. The van der Waals surface area contributed by atoms with E-state index in [1.165, 1.54) is 0 Å². The zero-order valence-corrected chi connectivity index (χ0v) is 33.5. The first kappa shape index (κ1) is 37.2. The molecular formula is C58H41N3. The average Bonchev–Trinajstić information content (AvgIpc) is 3.35. The van der Waals surface area contributed by atoms with Crippen molar-refractivity contribution in [2.24, 2.45) is 0 Å². The number of anilines is 3. The molecule has 0 saturated carbocycles. The first-order valence-electron chi connectivity index (χ1n) is 20.6. The maximum Gasteiger partial charge on any atom is 0.0715 e. The van der Waals surface area contributed by atoms with Crippen LogP contribution in [0, 0.1) is 0 Å². The summed E-state index contributed by atoms with van der Waals surface area (Å²) in [5.74, 6) is 0. The first-order valence-corrected chi connectivity index (χ1v) is 20.6. The summed E-state index contributed by atoms with van der Waals surface area (Å²) < 4.78 is 0. The topological polar surface area (TPSA) is 29.0 Å². The Balaban J connectivity index is 1.17. The van der Waals surface area contributed by atoms with Crippen LogP contribution in [0.15, 0.2) is 249 Å². The van der Waals surface area contributed by atoms with E-state index in [4.69, 9.17) is 9.97 Å². The molecule has 0 bridgehead atoms. The number of benzene rings is 8.